The summed E-state index contributed by atoms with van der Waals surface area (Å²) in [6.45, 7) is 2.41. The van der Waals surface area contributed by atoms with Gasteiger partial charge < -0.3 is 19.5 Å². The Morgan fingerprint density at radius 2 is 2.40 bits per heavy atom. The molecule has 1 amide bonds. The fourth-order valence-electron chi connectivity index (χ4n) is 2.05. The molecule has 110 valence electrons. The molecular formula is C14H18FNO4. The van der Waals surface area contributed by atoms with Crippen LogP contribution in [0.4, 0.5) is 4.39 Å². The Balaban J connectivity index is 2.00. The molecule has 1 aliphatic heterocycles. The van der Waals surface area contributed by atoms with Crippen molar-refractivity contribution in [3.05, 3.63) is 30.1 Å². The molecule has 6 heteroatoms. The lowest BCUT2D eigenvalue weighted by molar-refractivity contribution is -0.132. The van der Waals surface area contributed by atoms with Gasteiger partial charge in [-0.05, 0) is 12.1 Å². The number of ether oxygens (including phenoxy) is 2. The van der Waals surface area contributed by atoms with Gasteiger partial charge >= 0.3 is 0 Å². The summed E-state index contributed by atoms with van der Waals surface area (Å²) in [7, 11) is 0. The Morgan fingerprint density at radius 1 is 1.60 bits per heavy atom. The maximum Gasteiger partial charge on any atom is 0.219 e. The predicted molar refractivity (Wildman–Crippen MR) is 69.9 cm³/mol. The summed E-state index contributed by atoms with van der Waals surface area (Å²) in [5, 5.41) is 10.5. The Morgan fingerprint density at radius 3 is 3.10 bits per heavy atom. The van der Waals surface area contributed by atoms with Gasteiger partial charge in [-0.3, -0.25) is 4.79 Å². The van der Waals surface area contributed by atoms with Crippen molar-refractivity contribution in [2.24, 2.45) is 0 Å². The number of rotatable bonds is 3. The quantitative estimate of drug-likeness (QED) is 0.892. The SMILES string of the molecule is CC(=O)N1CCOC[C@@](O)(COc2cccc(F)c2)C1. The highest BCUT2D eigenvalue weighted by atomic mass is 19.1. The molecule has 1 heterocycles. The van der Waals surface area contributed by atoms with Gasteiger partial charge in [-0.15, -0.1) is 0 Å². The number of aliphatic hydroxyl groups is 1. The van der Waals surface area contributed by atoms with Crippen LogP contribution in [-0.4, -0.2) is 54.4 Å². The van der Waals surface area contributed by atoms with Gasteiger partial charge in [0.2, 0.25) is 5.91 Å². The van der Waals surface area contributed by atoms with E-state index in [1.165, 1.54) is 30.0 Å². The third-order valence-corrected chi connectivity index (χ3v) is 3.11. The molecule has 5 nitrogen and oxygen atoms in total. The average molecular weight is 283 g/mol. The van der Waals surface area contributed by atoms with Crippen molar-refractivity contribution >= 4 is 5.91 Å². The molecule has 0 spiro atoms. The van der Waals surface area contributed by atoms with Crippen molar-refractivity contribution in [1.82, 2.24) is 4.90 Å². The van der Waals surface area contributed by atoms with Gasteiger partial charge in [0.1, 0.15) is 23.8 Å². The zero-order chi connectivity index (χ0) is 14.6. The molecule has 1 fully saturated rings. The Kier molecular flexibility index (Phi) is 4.57. The van der Waals surface area contributed by atoms with E-state index >= 15 is 0 Å². The molecule has 1 aliphatic rings. The van der Waals surface area contributed by atoms with Gasteiger partial charge in [0.15, 0.2) is 0 Å². The standard InChI is InChI=1S/C14H18FNO4/c1-11(17)16-5-6-19-9-14(18,8-16)10-20-13-4-2-3-12(15)7-13/h2-4,7,18H,5-6,8-10H2,1H3/t14-/m1/s1. The first-order chi connectivity index (χ1) is 9.48. The van der Waals surface area contributed by atoms with Crippen LogP contribution >= 0.6 is 0 Å². The summed E-state index contributed by atoms with van der Waals surface area (Å²) >= 11 is 0. The molecule has 0 saturated carbocycles. The van der Waals surface area contributed by atoms with Crippen LogP contribution in [0.2, 0.25) is 0 Å². The van der Waals surface area contributed by atoms with E-state index in [0.717, 1.165) is 0 Å². The van der Waals surface area contributed by atoms with Crippen LogP contribution in [0, 0.1) is 5.82 Å². The fourth-order valence-corrected chi connectivity index (χ4v) is 2.05. The number of nitrogens with zero attached hydrogens (tertiary/aromatic N) is 1. The number of hydrogen-bond acceptors (Lipinski definition) is 4. The first-order valence-corrected chi connectivity index (χ1v) is 6.42. The average Bonchev–Trinajstić information content (AvgIpc) is 2.59. The van der Waals surface area contributed by atoms with Crippen LogP contribution in [0.15, 0.2) is 24.3 Å². The molecule has 0 unspecified atom stereocenters. The second-order valence-electron chi connectivity index (χ2n) is 4.96. The van der Waals surface area contributed by atoms with Gasteiger partial charge in [-0.2, -0.15) is 0 Å². The minimum atomic E-state index is -1.30. The van der Waals surface area contributed by atoms with Crippen molar-refractivity contribution in [1.29, 1.82) is 0 Å². The zero-order valence-electron chi connectivity index (χ0n) is 11.3. The fraction of sp³-hybridized carbons (Fsp3) is 0.500. The smallest absolute Gasteiger partial charge is 0.219 e. The Bertz CT molecular complexity index is 482. The molecule has 2 rings (SSSR count). The predicted octanol–water partition coefficient (Wildman–Crippen LogP) is 0.814. The van der Waals surface area contributed by atoms with E-state index in [1.54, 1.807) is 6.07 Å². The first kappa shape index (κ1) is 14.7. The topological polar surface area (TPSA) is 59.0 Å². The zero-order valence-corrected chi connectivity index (χ0v) is 11.3. The third-order valence-electron chi connectivity index (χ3n) is 3.11. The maximum absolute atomic E-state index is 13.0. The van der Waals surface area contributed by atoms with Gasteiger partial charge in [-0.1, -0.05) is 6.07 Å². The third kappa shape index (κ3) is 3.91. The molecule has 0 aromatic heterocycles. The number of carbonyl (C=O) groups is 1. The molecule has 0 aliphatic carbocycles. The van der Waals surface area contributed by atoms with Crippen LogP contribution < -0.4 is 4.74 Å². The second-order valence-corrected chi connectivity index (χ2v) is 4.96. The summed E-state index contributed by atoms with van der Waals surface area (Å²) in [5.41, 5.74) is -1.30. The summed E-state index contributed by atoms with van der Waals surface area (Å²) in [4.78, 5) is 12.9. The second kappa shape index (κ2) is 6.19. The molecule has 1 saturated heterocycles. The van der Waals surface area contributed by atoms with E-state index in [-0.39, 0.29) is 25.7 Å². The molecule has 0 bridgehead atoms. The minimum absolute atomic E-state index is 0.0692. The van der Waals surface area contributed by atoms with Gasteiger partial charge in [0.05, 0.1) is 19.8 Å². The number of benzene rings is 1. The number of carbonyl (C=O) groups excluding carboxylic acids is 1. The molecule has 1 aromatic rings. The van der Waals surface area contributed by atoms with Crippen LogP contribution in [0.3, 0.4) is 0 Å². The number of β-amino-alcohol motifs (C(OH)–C–C–N with tert-alkyl or cyclic N) is 1. The molecule has 1 N–H and O–H groups in total. The van der Waals surface area contributed by atoms with Gasteiger partial charge in [-0.25, -0.2) is 4.39 Å². The lowest BCUT2D eigenvalue weighted by Gasteiger charge is -2.30. The number of amides is 1. The van der Waals surface area contributed by atoms with E-state index in [0.29, 0.717) is 18.9 Å². The molecule has 0 radical (unpaired) electrons. The van der Waals surface area contributed by atoms with Crippen LogP contribution in [-0.2, 0) is 9.53 Å². The van der Waals surface area contributed by atoms with Crippen LogP contribution in [0.5, 0.6) is 5.75 Å². The molecule has 1 atom stereocenters. The van der Waals surface area contributed by atoms with E-state index < -0.39 is 11.4 Å². The van der Waals surface area contributed by atoms with Crippen molar-refractivity contribution in [3.63, 3.8) is 0 Å². The summed E-state index contributed by atoms with van der Waals surface area (Å²) in [6.07, 6.45) is 0. The van der Waals surface area contributed by atoms with E-state index in [4.69, 9.17) is 9.47 Å². The normalized spacial score (nSPS) is 23.2. The highest BCUT2D eigenvalue weighted by Gasteiger charge is 2.34. The number of hydrogen-bond donors (Lipinski definition) is 1. The monoisotopic (exact) mass is 283 g/mol. The van der Waals surface area contributed by atoms with Crippen molar-refractivity contribution in [2.75, 3.05) is 32.9 Å². The Hall–Kier alpha value is -1.66. The maximum atomic E-state index is 13.0. The summed E-state index contributed by atoms with van der Waals surface area (Å²) in [5.74, 6) is -0.200. The first-order valence-electron chi connectivity index (χ1n) is 6.42. The van der Waals surface area contributed by atoms with E-state index in [9.17, 15) is 14.3 Å². The summed E-state index contributed by atoms with van der Waals surface area (Å²) < 4.78 is 23.8. The van der Waals surface area contributed by atoms with Crippen molar-refractivity contribution < 1.29 is 23.8 Å². The largest absolute Gasteiger partial charge is 0.490 e. The summed E-state index contributed by atoms with van der Waals surface area (Å²) in [6, 6.07) is 5.68. The van der Waals surface area contributed by atoms with Crippen molar-refractivity contribution in [2.45, 2.75) is 12.5 Å². The molecular weight excluding hydrogens is 265 g/mol. The van der Waals surface area contributed by atoms with E-state index in [2.05, 4.69) is 0 Å². The lowest BCUT2D eigenvalue weighted by atomic mass is 10.1. The van der Waals surface area contributed by atoms with E-state index in [1.807, 2.05) is 0 Å². The van der Waals surface area contributed by atoms with Gasteiger partial charge in [0, 0.05) is 19.5 Å². The highest BCUT2D eigenvalue weighted by Crippen LogP contribution is 2.17. The minimum Gasteiger partial charge on any atom is -0.490 e. The molecule has 1 aromatic carbocycles. The van der Waals surface area contributed by atoms with Crippen LogP contribution in [0.25, 0.3) is 0 Å². The molecule has 20 heavy (non-hydrogen) atoms. The number of halogens is 1. The Labute approximate surface area is 116 Å². The van der Waals surface area contributed by atoms with Gasteiger partial charge in [0.25, 0.3) is 0 Å². The van der Waals surface area contributed by atoms with Crippen molar-refractivity contribution in [3.8, 4) is 5.75 Å². The highest BCUT2D eigenvalue weighted by molar-refractivity contribution is 5.73. The van der Waals surface area contributed by atoms with Crippen LogP contribution in [0.1, 0.15) is 6.92 Å². The lowest BCUT2D eigenvalue weighted by Crippen LogP contribution is -2.49.